The lowest BCUT2D eigenvalue weighted by Crippen LogP contribution is -2.11. The monoisotopic (exact) mass is 409 g/mol. The third kappa shape index (κ3) is 4.40. The van der Waals surface area contributed by atoms with Gasteiger partial charge in [-0.15, -0.1) is 0 Å². The summed E-state index contributed by atoms with van der Waals surface area (Å²) in [6.45, 7) is 2.97. The molecule has 2 aromatic carbocycles. The number of hydrogen-bond donors (Lipinski definition) is 1. The maximum Gasteiger partial charge on any atom is 0.238 e. The van der Waals surface area contributed by atoms with Crippen molar-refractivity contribution in [1.29, 1.82) is 0 Å². The molecular formula is C18H20ClN3O2S2. The highest BCUT2D eigenvalue weighted by Gasteiger charge is 2.15. The van der Waals surface area contributed by atoms with Gasteiger partial charge in [-0.3, -0.25) is 0 Å². The van der Waals surface area contributed by atoms with E-state index in [4.69, 9.17) is 16.7 Å². The van der Waals surface area contributed by atoms with Gasteiger partial charge in [0.15, 0.2) is 5.16 Å². The zero-order chi connectivity index (χ0) is 18.7. The first-order chi connectivity index (χ1) is 12.4. The average molecular weight is 410 g/mol. The number of unbranched alkanes of at least 4 members (excludes halogenated alkanes) is 1. The quantitative estimate of drug-likeness (QED) is 0.585. The standard InChI is InChI=1S/C18H20ClN3O2S2/c1-2-3-9-22-17-8-7-15(26(20,23)24)11-16(17)21-18(22)25-12-13-5-4-6-14(19)10-13/h4-8,10-11H,2-3,9,12H2,1H3,(H2,20,23,24). The normalized spacial score (nSPS) is 12.0. The number of nitrogens with zero attached hydrogens (tertiary/aromatic N) is 2. The Bertz CT molecular complexity index is 1030. The van der Waals surface area contributed by atoms with Gasteiger partial charge in [0, 0.05) is 17.3 Å². The predicted molar refractivity (Wildman–Crippen MR) is 107 cm³/mol. The van der Waals surface area contributed by atoms with Gasteiger partial charge >= 0.3 is 0 Å². The lowest BCUT2D eigenvalue weighted by Gasteiger charge is -2.08. The van der Waals surface area contributed by atoms with Crippen molar-refractivity contribution in [3.05, 3.63) is 53.1 Å². The van der Waals surface area contributed by atoms with E-state index in [1.165, 1.54) is 12.1 Å². The third-order valence-electron chi connectivity index (χ3n) is 4.01. The van der Waals surface area contributed by atoms with Crippen LogP contribution < -0.4 is 5.14 Å². The molecule has 0 saturated heterocycles. The lowest BCUT2D eigenvalue weighted by molar-refractivity contribution is 0.597. The Labute approximate surface area is 162 Å². The van der Waals surface area contributed by atoms with Crippen molar-refractivity contribution in [3.63, 3.8) is 0 Å². The second-order valence-electron chi connectivity index (χ2n) is 6.01. The van der Waals surface area contributed by atoms with Crippen molar-refractivity contribution in [2.24, 2.45) is 5.14 Å². The van der Waals surface area contributed by atoms with E-state index in [0.717, 1.165) is 41.4 Å². The van der Waals surface area contributed by atoms with Gasteiger partial charge in [-0.1, -0.05) is 48.8 Å². The molecule has 0 radical (unpaired) electrons. The summed E-state index contributed by atoms with van der Waals surface area (Å²) < 4.78 is 25.4. The van der Waals surface area contributed by atoms with Gasteiger partial charge in [0.05, 0.1) is 15.9 Å². The molecule has 0 aliphatic carbocycles. The molecule has 2 N–H and O–H groups in total. The summed E-state index contributed by atoms with van der Waals surface area (Å²) in [4.78, 5) is 4.73. The summed E-state index contributed by atoms with van der Waals surface area (Å²) in [6.07, 6.45) is 2.08. The first-order valence-corrected chi connectivity index (χ1v) is 11.2. The van der Waals surface area contributed by atoms with Gasteiger partial charge in [0.25, 0.3) is 0 Å². The lowest BCUT2D eigenvalue weighted by atomic mass is 10.2. The molecule has 0 spiro atoms. The Morgan fingerprint density at radius 2 is 2.04 bits per heavy atom. The summed E-state index contributed by atoms with van der Waals surface area (Å²) in [6, 6.07) is 12.6. The summed E-state index contributed by atoms with van der Waals surface area (Å²) in [7, 11) is -3.75. The van der Waals surface area contributed by atoms with E-state index in [2.05, 4.69) is 16.5 Å². The number of thioether (sulfide) groups is 1. The van der Waals surface area contributed by atoms with E-state index >= 15 is 0 Å². The summed E-state index contributed by atoms with van der Waals surface area (Å²) >= 11 is 7.66. The first-order valence-electron chi connectivity index (χ1n) is 8.29. The van der Waals surface area contributed by atoms with E-state index in [9.17, 15) is 8.42 Å². The van der Waals surface area contributed by atoms with Crippen LogP contribution in [-0.4, -0.2) is 18.0 Å². The maximum absolute atomic E-state index is 11.6. The molecule has 0 atom stereocenters. The number of rotatable bonds is 7. The van der Waals surface area contributed by atoms with Gasteiger partial charge in [-0.25, -0.2) is 18.5 Å². The second kappa shape index (κ2) is 8.00. The number of imidazole rings is 1. The highest BCUT2D eigenvalue weighted by atomic mass is 35.5. The number of aromatic nitrogens is 2. The van der Waals surface area contributed by atoms with Crippen LogP contribution in [0.2, 0.25) is 5.02 Å². The number of nitrogens with two attached hydrogens (primary N) is 1. The van der Waals surface area contributed by atoms with Gasteiger partial charge in [0.1, 0.15) is 0 Å². The van der Waals surface area contributed by atoms with Gasteiger partial charge in [0.2, 0.25) is 10.0 Å². The Kier molecular flexibility index (Phi) is 5.92. The van der Waals surface area contributed by atoms with Crippen molar-refractivity contribution in [1.82, 2.24) is 9.55 Å². The van der Waals surface area contributed by atoms with Crippen LogP contribution in [0, 0.1) is 0 Å². The molecule has 3 rings (SSSR count). The van der Waals surface area contributed by atoms with Crippen LogP contribution in [0.1, 0.15) is 25.3 Å². The van der Waals surface area contributed by atoms with Crippen LogP contribution in [0.15, 0.2) is 52.5 Å². The van der Waals surface area contributed by atoms with Crippen molar-refractivity contribution in [2.75, 3.05) is 0 Å². The molecule has 0 aliphatic heterocycles. The van der Waals surface area contributed by atoms with Gasteiger partial charge in [-0.2, -0.15) is 0 Å². The fraction of sp³-hybridized carbons (Fsp3) is 0.278. The van der Waals surface area contributed by atoms with Crippen LogP contribution in [0.25, 0.3) is 11.0 Å². The molecule has 0 aliphatic rings. The second-order valence-corrected chi connectivity index (χ2v) is 8.95. The zero-order valence-corrected chi connectivity index (χ0v) is 16.7. The van der Waals surface area contributed by atoms with E-state index in [1.807, 2.05) is 24.3 Å². The van der Waals surface area contributed by atoms with E-state index < -0.39 is 10.0 Å². The minimum absolute atomic E-state index is 0.0801. The number of sulfonamides is 1. The first kappa shape index (κ1) is 19.2. The highest BCUT2D eigenvalue weighted by molar-refractivity contribution is 7.98. The molecule has 8 heteroatoms. The molecule has 138 valence electrons. The third-order valence-corrected chi connectivity index (χ3v) is 6.20. The largest absolute Gasteiger partial charge is 0.319 e. The highest BCUT2D eigenvalue weighted by Crippen LogP contribution is 2.29. The molecule has 0 fully saturated rings. The zero-order valence-electron chi connectivity index (χ0n) is 14.4. The Morgan fingerprint density at radius 3 is 2.73 bits per heavy atom. The molecule has 0 saturated carbocycles. The molecule has 0 bridgehead atoms. The van der Waals surface area contributed by atoms with Crippen molar-refractivity contribution >= 4 is 44.4 Å². The van der Waals surface area contributed by atoms with E-state index in [-0.39, 0.29) is 4.90 Å². The van der Waals surface area contributed by atoms with Gasteiger partial charge < -0.3 is 4.57 Å². The van der Waals surface area contributed by atoms with E-state index in [0.29, 0.717) is 10.5 Å². The predicted octanol–water partition coefficient (Wildman–Crippen LogP) is 4.43. The van der Waals surface area contributed by atoms with Crippen molar-refractivity contribution < 1.29 is 8.42 Å². The Hall–Kier alpha value is -1.54. The topological polar surface area (TPSA) is 78.0 Å². The molecule has 26 heavy (non-hydrogen) atoms. The van der Waals surface area contributed by atoms with E-state index in [1.54, 1.807) is 17.8 Å². The SMILES string of the molecule is CCCCn1c(SCc2cccc(Cl)c2)nc2cc(S(N)(=O)=O)ccc21. The van der Waals surface area contributed by atoms with Crippen LogP contribution in [-0.2, 0) is 22.3 Å². The van der Waals surface area contributed by atoms with Crippen LogP contribution in [0.4, 0.5) is 0 Å². The molecule has 1 aromatic heterocycles. The molecular weight excluding hydrogens is 390 g/mol. The number of primary sulfonamides is 1. The smallest absolute Gasteiger partial charge is 0.238 e. The van der Waals surface area contributed by atoms with Crippen molar-refractivity contribution in [2.45, 2.75) is 42.1 Å². The summed E-state index contributed by atoms with van der Waals surface area (Å²) in [5.74, 6) is 0.734. The Morgan fingerprint density at radius 1 is 1.23 bits per heavy atom. The molecule has 1 heterocycles. The van der Waals surface area contributed by atoms with Crippen LogP contribution in [0.3, 0.4) is 0 Å². The summed E-state index contributed by atoms with van der Waals surface area (Å²) in [5.41, 5.74) is 2.67. The number of aryl methyl sites for hydroxylation is 1. The number of hydrogen-bond acceptors (Lipinski definition) is 4. The molecule has 0 unspecified atom stereocenters. The fourth-order valence-electron chi connectivity index (χ4n) is 2.68. The van der Waals surface area contributed by atoms with Crippen LogP contribution in [0.5, 0.6) is 0 Å². The fourth-order valence-corrected chi connectivity index (χ4v) is 4.41. The van der Waals surface area contributed by atoms with Crippen LogP contribution >= 0.6 is 23.4 Å². The molecule has 0 amide bonds. The number of halogens is 1. The van der Waals surface area contributed by atoms with Gasteiger partial charge in [-0.05, 0) is 42.3 Å². The van der Waals surface area contributed by atoms with Crippen molar-refractivity contribution in [3.8, 4) is 0 Å². The maximum atomic E-state index is 11.6. The Balaban J connectivity index is 1.96. The summed E-state index contributed by atoms with van der Waals surface area (Å²) in [5, 5.41) is 6.81. The number of benzene rings is 2. The minimum atomic E-state index is -3.75. The minimum Gasteiger partial charge on any atom is -0.319 e. The molecule has 3 aromatic rings. The molecule has 5 nitrogen and oxygen atoms in total. The average Bonchev–Trinajstić information content (AvgIpc) is 2.94. The number of fused-ring (bicyclic) bond motifs is 1.